The van der Waals surface area contributed by atoms with Crippen molar-refractivity contribution in [2.24, 2.45) is 0 Å². The largest absolute Gasteiger partial charge is 0.375 e. The zero-order valence-electron chi connectivity index (χ0n) is 12.6. The number of nitrogens with one attached hydrogen (secondary N) is 1. The standard InChI is InChI=1S/C19H23NO/c1-15-7-5-6-10-17(15)13-18(16-8-3-2-4-9-16)19-14-20-11-12-21-19/h2-10,18-20H,11-14H2,1H3/t18-,19-/m0/s1. The average Bonchev–Trinajstić information content (AvgIpc) is 2.56. The zero-order valence-corrected chi connectivity index (χ0v) is 12.6. The monoisotopic (exact) mass is 281 g/mol. The smallest absolute Gasteiger partial charge is 0.0771 e. The second-order valence-electron chi connectivity index (χ2n) is 5.76. The highest BCUT2D eigenvalue weighted by atomic mass is 16.5. The minimum absolute atomic E-state index is 0.251. The van der Waals surface area contributed by atoms with Gasteiger partial charge >= 0.3 is 0 Å². The highest BCUT2D eigenvalue weighted by Gasteiger charge is 2.26. The van der Waals surface area contributed by atoms with Crippen molar-refractivity contribution >= 4 is 0 Å². The van der Waals surface area contributed by atoms with E-state index < -0.39 is 0 Å². The Kier molecular flexibility index (Phi) is 4.69. The lowest BCUT2D eigenvalue weighted by atomic mass is 9.85. The molecule has 1 N–H and O–H groups in total. The van der Waals surface area contributed by atoms with Crippen molar-refractivity contribution in [3.05, 3.63) is 71.3 Å². The van der Waals surface area contributed by atoms with E-state index in [0.717, 1.165) is 26.1 Å². The third-order valence-electron chi connectivity index (χ3n) is 4.33. The summed E-state index contributed by atoms with van der Waals surface area (Å²) >= 11 is 0. The van der Waals surface area contributed by atoms with Gasteiger partial charge in [-0.2, -0.15) is 0 Å². The molecule has 0 unspecified atom stereocenters. The summed E-state index contributed by atoms with van der Waals surface area (Å²) in [6.45, 7) is 4.90. The van der Waals surface area contributed by atoms with Gasteiger partial charge in [0, 0.05) is 19.0 Å². The Morgan fingerprint density at radius 2 is 1.86 bits per heavy atom. The molecule has 0 spiro atoms. The van der Waals surface area contributed by atoms with Crippen LogP contribution in [-0.4, -0.2) is 25.8 Å². The Morgan fingerprint density at radius 1 is 1.10 bits per heavy atom. The van der Waals surface area contributed by atoms with Crippen LogP contribution in [0.2, 0.25) is 0 Å². The average molecular weight is 281 g/mol. The normalized spacial score (nSPS) is 20.1. The maximum Gasteiger partial charge on any atom is 0.0771 e. The van der Waals surface area contributed by atoms with Gasteiger partial charge in [0.15, 0.2) is 0 Å². The van der Waals surface area contributed by atoms with Gasteiger partial charge in [-0.25, -0.2) is 0 Å². The van der Waals surface area contributed by atoms with Gasteiger partial charge < -0.3 is 10.1 Å². The van der Waals surface area contributed by atoms with Gasteiger partial charge in [0.1, 0.15) is 0 Å². The first-order valence-corrected chi connectivity index (χ1v) is 7.76. The highest BCUT2D eigenvalue weighted by Crippen LogP contribution is 2.28. The summed E-state index contributed by atoms with van der Waals surface area (Å²) in [5, 5.41) is 3.46. The second-order valence-corrected chi connectivity index (χ2v) is 5.76. The van der Waals surface area contributed by atoms with Crippen LogP contribution in [0.15, 0.2) is 54.6 Å². The van der Waals surface area contributed by atoms with Crippen LogP contribution < -0.4 is 5.32 Å². The summed E-state index contributed by atoms with van der Waals surface area (Å²) in [6, 6.07) is 19.4. The van der Waals surface area contributed by atoms with Gasteiger partial charge in [-0.05, 0) is 30.0 Å². The molecule has 0 bridgehead atoms. The van der Waals surface area contributed by atoms with E-state index in [1.165, 1.54) is 16.7 Å². The Morgan fingerprint density at radius 3 is 2.57 bits per heavy atom. The van der Waals surface area contributed by atoms with E-state index in [-0.39, 0.29) is 6.10 Å². The second kappa shape index (κ2) is 6.88. The lowest BCUT2D eigenvalue weighted by Gasteiger charge is -2.32. The van der Waals surface area contributed by atoms with Gasteiger partial charge in [-0.1, -0.05) is 54.6 Å². The minimum Gasteiger partial charge on any atom is -0.375 e. The molecule has 1 heterocycles. The van der Waals surface area contributed by atoms with E-state index in [4.69, 9.17) is 4.74 Å². The van der Waals surface area contributed by atoms with Crippen LogP contribution in [0.1, 0.15) is 22.6 Å². The molecule has 0 radical (unpaired) electrons. The van der Waals surface area contributed by atoms with Crippen LogP contribution in [0.5, 0.6) is 0 Å². The van der Waals surface area contributed by atoms with Crippen molar-refractivity contribution in [1.82, 2.24) is 5.32 Å². The third kappa shape index (κ3) is 3.52. The molecule has 1 saturated heterocycles. The van der Waals surface area contributed by atoms with Gasteiger partial charge in [-0.3, -0.25) is 0 Å². The summed E-state index contributed by atoms with van der Waals surface area (Å²) in [5.74, 6) is 0.403. The lowest BCUT2D eigenvalue weighted by molar-refractivity contribution is 0.0110. The number of aryl methyl sites for hydroxylation is 1. The molecular formula is C19H23NO. The number of morpholine rings is 1. The van der Waals surface area contributed by atoms with Crippen LogP contribution >= 0.6 is 0 Å². The molecule has 2 atom stereocenters. The van der Waals surface area contributed by atoms with Crippen molar-refractivity contribution in [3.63, 3.8) is 0 Å². The number of ether oxygens (including phenoxy) is 1. The fourth-order valence-electron chi connectivity index (χ4n) is 3.08. The molecule has 0 aliphatic carbocycles. The van der Waals surface area contributed by atoms with Gasteiger partial charge in [0.05, 0.1) is 12.7 Å². The predicted octanol–water partition coefficient (Wildman–Crippen LogP) is 3.31. The molecule has 0 amide bonds. The zero-order chi connectivity index (χ0) is 14.5. The molecule has 2 aromatic carbocycles. The number of hydrogen-bond acceptors (Lipinski definition) is 2. The van der Waals surface area contributed by atoms with Gasteiger partial charge in [0.25, 0.3) is 0 Å². The molecule has 1 aliphatic rings. The van der Waals surface area contributed by atoms with E-state index in [1.54, 1.807) is 0 Å². The van der Waals surface area contributed by atoms with Crippen LogP contribution in [0.25, 0.3) is 0 Å². The number of rotatable bonds is 4. The Hall–Kier alpha value is -1.64. The predicted molar refractivity (Wildman–Crippen MR) is 86.7 cm³/mol. The summed E-state index contributed by atoms with van der Waals surface area (Å²) in [4.78, 5) is 0. The molecule has 3 rings (SSSR count). The van der Waals surface area contributed by atoms with E-state index >= 15 is 0 Å². The summed E-state index contributed by atoms with van der Waals surface area (Å²) in [7, 11) is 0. The van der Waals surface area contributed by atoms with Crippen molar-refractivity contribution in [2.45, 2.75) is 25.4 Å². The molecule has 2 nitrogen and oxygen atoms in total. The van der Waals surface area contributed by atoms with Crippen molar-refractivity contribution < 1.29 is 4.74 Å². The molecule has 0 saturated carbocycles. The molecule has 21 heavy (non-hydrogen) atoms. The first-order chi connectivity index (χ1) is 10.3. The number of benzene rings is 2. The Labute approximate surface area is 127 Å². The van der Waals surface area contributed by atoms with Crippen LogP contribution in [0.3, 0.4) is 0 Å². The van der Waals surface area contributed by atoms with Crippen molar-refractivity contribution in [1.29, 1.82) is 0 Å². The highest BCUT2D eigenvalue weighted by molar-refractivity contribution is 5.30. The molecule has 1 fully saturated rings. The summed E-state index contributed by atoms with van der Waals surface area (Å²) in [6.07, 6.45) is 1.28. The maximum absolute atomic E-state index is 6.04. The first kappa shape index (κ1) is 14.3. The van der Waals surface area contributed by atoms with Crippen molar-refractivity contribution in [2.75, 3.05) is 19.7 Å². The fraction of sp³-hybridized carbons (Fsp3) is 0.368. The van der Waals surface area contributed by atoms with E-state index in [0.29, 0.717) is 5.92 Å². The SMILES string of the molecule is Cc1ccccc1C[C@@H](c1ccccc1)[C@@H]1CNCCO1. The molecule has 110 valence electrons. The Bertz CT molecular complexity index is 561. The molecule has 2 aromatic rings. The van der Waals surface area contributed by atoms with E-state index in [9.17, 15) is 0 Å². The fourth-order valence-corrected chi connectivity index (χ4v) is 3.08. The molecule has 2 heteroatoms. The maximum atomic E-state index is 6.04. The van der Waals surface area contributed by atoms with Gasteiger partial charge in [-0.15, -0.1) is 0 Å². The van der Waals surface area contributed by atoms with Crippen LogP contribution in [0.4, 0.5) is 0 Å². The summed E-state index contributed by atoms with van der Waals surface area (Å²) in [5.41, 5.74) is 4.15. The van der Waals surface area contributed by atoms with Gasteiger partial charge in [0.2, 0.25) is 0 Å². The van der Waals surface area contributed by atoms with E-state index in [2.05, 4.69) is 66.8 Å². The minimum atomic E-state index is 0.251. The number of hydrogen-bond donors (Lipinski definition) is 1. The Balaban J connectivity index is 1.87. The quantitative estimate of drug-likeness (QED) is 0.928. The van der Waals surface area contributed by atoms with Crippen molar-refractivity contribution in [3.8, 4) is 0 Å². The molecular weight excluding hydrogens is 258 g/mol. The van der Waals surface area contributed by atoms with Crippen LogP contribution in [0, 0.1) is 6.92 Å². The first-order valence-electron chi connectivity index (χ1n) is 7.76. The van der Waals surface area contributed by atoms with E-state index in [1.807, 2.05) is 0 Å². The topological polar surface area (TPSA) is 21.3 Å². The molecule has 0 aromatic heterocycles. The lowest BCUT2D eigenvalue weighted by Crippen LogP contribution is -2.42. The van der Waals surface area contributed by atoms with Crippen LogP contribution in [-0.2, 0) is 11.2 Å². The molecule has 1 aliphatic heterocycles. The third-order valence-corrected chi connectivity index (χ3v) is 4.33. The summed E-state index contributed by atoms with van der Waals surface area (Å²) < 4.78 is 6.04.